The van der Waals surface area contributed by atoms with Gasteiger partial charge in [0, 0.05) is 10.3 Å². The zero-order chi connectivity index (χ0) is 21.6. The van der Waals surface area contributed by atoms with E-state index in [0.29, 0.717) is 41.4 Å². The van der Waals surface area contributed by atoms with E-state index in [1.807, 2.05) is 36.4 Å². The highest BCUT2D eigenvalue weighted by molar-refractivity contribution is 7.99. The lowest BCUT2D eigenvalue weighted by Gasteiger charge is -2.25. The first-order valence-electron chi connectivity index (χ1n) is 9.47. The number of halogens is 3. The van der Waals surface area contributed by atoms with Crippen molar-refractivity contribution in [3.63, 3.8) is 0 Å². The van der Waals surface area contributed by atoms with Crippen molar-refractivity contribution in [1.29, 1.82) is 0 Å². The third-order valence-corrected chi connectivity index (χ3v) is 5.26. The number of thioether (sulfide) groups is 1. The third-order valence-electron chi connectivity index (χ3n) is 4.54. The van der Waals surface area contributed by atoms with Crippen LogP contribution in [0.5, 0.6) is 11.5 Å². The van der Waals surface area contributed by atoms with E-state index in [1.165, 1.54) is 12.1 Å². The topological polar surface area (TPSA) is 18.5 Å². The highest BCUT2D eigenvalue weighted by atomic mass is 32.2. The largest absolute Gasteiger partial charge is 0.457 e. The standard InChI is InChI=1S/C24H23F3O2S/c1-24(2,18-6-12-22(13-7-18)30-23(26)27)16-28-15-17-4-3-5-21(14-17)29-20-10-8-19(25)9-11-20/h3-14,23H,15-16H2,1-2H3. The molecule has 0 aliphatic carbocycles. The predicted octanol–water partition coefficient (Wildman–Crippen LogP) is 7.43. The lowest BCUT2D eigenvalue weighted by Crippen LogP contribution is -2.24. The van der Waals surface area contributed by atoms with Crippen LogP contribution in [0.4, 0.5) is 13.2 Å². The summed E-state index contributed by atoms with van der Waals surface area (Å²) in [6.45, 7) is 4.98. The highest BCUT2D eigenvalue weighted by Crippen LogP contribution is 2.30. The number of hydrogen-bond donors (Lipinski definition) is 0. The molecule has 0 amide bonds. The molecule has 2 nitrogen and oxygen atoms in total. The summed E-state index contributed by atoms with van der Waals surface area (Å²) in [5.74, 6) is -1.53. The molecule has 0 saturated carbocycles. The van der Waals surface area contributed by atoms with Gasteiger partial charge in [0.1, 0.15) is 17.3 Å². The van der Waals surface area contributed by atoms with Gasteiger partial charge < -0.3 is 9.47 Å². The fourth-order valence-corrected chi connectivity index (χ4v) is 3.43. The van der Waals surface area contributed by atoms with Crippen molar-refractivity contribution in [2.75, 3.05) is 6.61 Å². The Morgan fingerprint density at radius 2 is 1.60 bits per heavy atom. The summed E-state index contributed by atoms with van der Waals surface area (Å²) in [4.78, 5) is 0.545. The number of alkyl halides is 2. The number of benzene rings is 3. The first-order chi connectivity index (χ1) is 14.3. The fraction of sp³-hybridized carbons (Fsp3) is 0.250. The zero-order valence-corrected chi connectivity index (χ0v) is 17.6. The molecule has 3 rings (SSSR count). The molecule has 0 saturated heterocycles. The Morgan fingerprint density at radius 1 is 0.900 bits per heavy atom. The SMILES string of the molecule is CC(C)(COCc1cccc(Oc2ccc(F)cc2)c1)c1ccc(SC(F)F)cc1. The Balaban J connectivity index is 1.55. The fourth-order valence-electron chi connectivity index (χ4n) is 2.93. The van der Waals surface area contributed by atoms with Crippen LogP contribution in [0.2, 0.25) is 0 Å². The van der Waals surface area contributed by atoms with Crippen LogP contribution in [0.25, 0.3) is 0 Å². The van der Waals surface area contributed by atoms with Crippen LogP contribution in [0.15, 0.2) is 77.7 Å². The molecule has 6 heteroatoms. The van der Waals surface area contributed by atoms with Crippen LogP contribution in [0, 0.1) is 5.82 Å². The summed E-state index contributed by atoms with van der Waals surface area (Å²) < 4.78 is 49.6. The second kappa shape index (κ2) is 10.0. The summed E-state index contributed by atoms with van der Waals surface area (Å²) in [6, 6.07) is 20.5. The number of rotatable bonds is 9. The molecule has 0 N–H and O–H groups in total. The van der Waals surface area contributed by atoms with E-state index in [2.05, 4.69) is 13.8 Å². The molecule has 3 aromatic carbocycles. The van der Waals surface area contributed by atoms with Gasteiger partial charge in [-0.05, 0) is 59.7 Å². The molecule has 0 atom stereocenters. The van der Waals surface area contributed by atoms with E-state index in [9.17, 15) is 13.2 Å². The molecule has 0 heterocycles. The van der Waals surface area contributed by atoms with E-state index in [4.69, 9.17) is 9.47 Å². The molecular weight excluding hydrogens is 409 g/mol. The lowest BCUT2D eigenvalue weighted by atomic mass is 9.86. The number of hydrogen-bond acceptors (Lipinski definition) is 3. The van der Waals surface area contributed by atoms with Gasteiger partial charge in [-0.2, -0.15) is 8.78 Å². The van der Waals surface area contributed by atoms with Crippen molar-refractivity contribution in [2.24, 2.45) is 0 Å². The van der Waals surface area contributed by atoms with Gasteiger partial charge in [0.25, 0.3) is 5.76 Å². The molecule has 3 aromatic rings. The minimum absolute atomic E-state index is 0.268. The maximum absolute atomic E-state index is 13.0. The lowest BCUT2D eigenvalue weighted by molar-refractivity contribution is 0.0824. The van der Waals surface area contributed by atoms with Crippen LogP contribution in [0.3, 0.4) is 0 Å². The van der Waals surface area contributed by atoms with Gasteiger partial charge in [0.15, 0.2) is 0 Å². The quantitative estimate of drug-likeness (QED) is 0.328. The average Bonchev–Trinajstić information content (AvgIpc) is 2.70. The molecule has 30 heavy (non-hydrogen) atoms. The van der Waals surface area contributed by atoms with Crippen LogP contribution in [-0.2, 0) is 16.8 Å². The molecule has 0 spiro atoms. The Bertz CT molecular complexity index is 941. The van der Waals surface area contributed by atoms with Gasteiger partial charge in [-0.15, -0.1) is 0 Å². The van der Waals surface area contributed by atoms with Crippen LogP contribution in [-0.4, -0.2) is 12.4 Å². The van der Waals surface area contributed by atoms with Crippen molar-refractivity contribution >= 4 is 11.8 Å². The Morgan fingerprint density at radius 3 is 2.27 bits per heavy atom. The molecule has 0 fully saturated rings. The van der Waals surface area contributed by atoms with Crippen molar-refractivity contribution < 1.29 is 22.6 Å². The van der Waals surface area contributed by atoms with Crippen LogP contribution < -0.4 is 4.74 Å². The van der Waals surface area contributed by atoms with Gasteiger partial charge in [0.2, 0.25) is 0 Å². The molecule has 0 aliphatic rings. The minimum Gasteiger partial charge on any atom is -0.457 e. The van der Waals surface area contributed by atoms with Crippen LogP contribution in [0.1, 0.15) is 25.0 Å². The van der Waals surface area contributed by atoms with Gasteiger partial charge in [-0.3, -0.25) is 0 Å². The van der Waals surface area contributed by atoms with Gasteiger partial charge in [0.05, 0.1) is 13.2 Å². The maximum Gasteiger partial charge on any atom is 0.288 e. The molecule has 0 aliphatic heterocycles. The first-order valence-corrected chi connectivity index (χ1v) is 10.4. The molecule has 0 bridgehead atoms. The van der Waals surface area contributed by atoms with Crippen molar-refractivity contribution in [3.05, 3.63) is 89.7 Å². The first kappa shape index (κ1) is 22.2. The Hall–Kier alpha value is -2.44. The van der Waals surface area contributed by atoms with E-state index >= 15 is 0 Å². The maximum atomic E-state index is 13.0. The van der Waals surface area contributed by atoms with E-state index in [0.717, 1.165) is 11.1 Å². The van der Waals surface area contributed by atoms with Crippen molar-refractivity contribution in [2.45, 2.75) is 36.5 Å². The van der Waals surface area contributed by atoms with Gasteiger partial charge in [-0.25, -0.2) is 4.39 Å². The molecule has 0 unspecified atom stereocenters. The zero-order valence-electron chi connectivity index (χ0n) is 16.8. The van der Waals surface area contributed by atoms with Crippen molar-refractivity contribution in [3.8, 4) is 11.5 Å². The second-order valence-electron chi connectivity index (χ2n) is 7.48. The molecule has 0 aromatic heterocycles. The highest BCUT2D eigenvalue weighted by Gasteiger charge is 2.21. The average molecular weight is 433 g/mol. The predicted molar refractivity (Wildman–Crippen MR) is 114 cm³/mol. The Kier molecular flexibility index (Phi) is 7.45. The normalized spacial score (nSPS) is 11.7. The van der Waals surface area contributed by atoms with E-state index in [-0.39, 0.29) is 11.2 Å². The molecular formula is C24H23F3O2S. The summed E-state index contributed by atoms with van der Waals surface area (Å²) >= 11 is 0.540. The van der Waals surface area contributed by atoms with Gasteiger partial charge in [-0.1, -0.05) is 49.9 Å². The minimum atomic E-state index is -2.42. The second-order valence-corrected chi connectivity index (χ2v) is 8.55. The summed E-state index contributed by atoms with van der Waals surface area (Å²) in [5, 5.41) is 0. The number of ether oxygens (including phenoxy) is 2. The smallest absolute Gasteiger partial charge is 0.288 e. The van der Waals surface area contributed by atoms with E-state index in [1.54, 1.807) is 24.3 Å². The third kappa shape index (κ3) is 6.54. The molecule has 158 valence electrons. The summed E-state index contributed by atoms with van der Waals surface area (Å²) in [5.41, 5.74) is 1.71. The van der Waals surface area contributed by atoms with Gasteiger partial charge >= 0.3 is 0 Å². The monoisotopic (exact) mass is 432 g/mol. The van der Waals surface area contributed by atoms with Crippen LogP contribution >= 0.6 is 11.8 Å². The molecule has 0 radical (unpaired) electrons. The summed E-state index contributed by atoms with van der Waals surface area (Å²) in [6.07, 6.45) is 0. The van der Waals surface area contributed by atoms with Crippen molar-refractivity contribution in [1.82, 2.24) is 0 Å². The summed E-state index contributed by atoms with van der Waals surface area (Å²) in [7, 11) is 0. The van der Waals surface area contributed by atoms with E-state index < -0.39 is 5.76 Å². The Labute approximate surface area is 179 Å².